The zero-order valence-electron chi connectivity index (χ0n) is 15.2. The van der Waals surface area contributed by atoms with Crippen LogP contribution < -0.4 is 5.32 Å². The van der Waals surface area contributed by atoms with Gasteiger partial charge in [0.15, 0.2) is 0 Å². The Bertz CT molecular complexity index is 232. The molecule has 0 heterocycles. The van der Waals surface area contributed by atoms with Crippen molar-refractivity contribution in [3.05, 3.63) is 0 Å². The lowest BCUT2D eigenvalue weighted by Crippen LogP contribution is -2.41. The maximum atomic E-state index is 13.9. The van der Waals surface area contributed by atoms with Crippen LogP contribution in [0, 0.1) is 17.8 Å². The van der Waals surface area contributed by atoms with Crippen molar-refractivity contribution in [3.63, 3.8) is 0 Å². The van der Waals surface area contributed by atoms with E-state index in [9.17, 15) is 4.48 Å². The van der Waals surface area contributed by atoms with Crippen molar-refractivity contribution in [3.8, 4) is 0 Å². The van der Waals surface area contributed by atoms with Crippen molar-refractivity contribution >= 4 is 0 Å². The van der Waals surface area contributed by atoms with Crippen molar-refractivity contribution in [2.45, 2.75) is 60.8 Å². The predicted octanol–water partition coefficient (Wildman–Crippen LogP) is 4.12. The molecule has 0 unspecified atom stereocenters. The Hall–Kier alpha value is -0.190. The normalized spacial score (nSPS) is 12.6. The summed E-state index contributed by atoms with van der Waals surface area (Å²) in [5, 5.41) is 4.41. The molecule has 0 aliphatic carbocycles. The first-order valence-electron chi connectivity index (χ1n) is 8.65. The molecule has 0 atom stereocenters. The highest BCUT2D eigenvalue weighted by atomic mass is 19.2. The number of hydrogen-bond acceptors (Lipinski definition) is 3. The molecule has 0 rings (SSSR count). The van der Waals surface area contributed by atoms with E-state index in [4.69, 9.17) is 0 Å². The van der Waals surface area contributed by atoms with Crippen LogP contribution in [0.15, 0.2) is 0 Å². The fourth-order valence-corrected chi connectivity index (χ4v) is 1.95. The van der Waals surface area contributed by atoms with E-state index >= 15 is 0 Å². The molecule has 1 N–H and O–H groups in total. The van der Waals surface area contributed by atoms with E-state index in [1.54, 1.807) is 0 Å². The molecule has 128 valence electrons. The molecule has 0 aliphatic rings. The van der Waals surface area contributed by atoms with Crippen LogP contribution in [-0.2, 0) is 0 Å². The molecule has 0 bridgehead atoms. The molecule has 0 radical (unpaired) electrons. The number of rotatable bonds is 13. The topological polar surface area (TPSA) is 18.5 Å². The summed E-state index contributed by atoms with van der Waals surface area (Å²) >= 11 is 0. The largest absolute Gasteiger partial charge is 0.304 e. The lowest BCUT2D eigenvalue weighted by molar-refractivity contribution is -0.0358. The van der Waals surface area contributed by atoms with Crippen molar-refractivity contribution < 1.29 is 4.48 Å². The van der Waals surface area contributed by atoms with Crippen LogP contribution >= 0.6 is 0 Å². The summed E-state index contributed by atoms with van der Waals surface area (Å²) < 4.78 is 13.9. The first-order chi connectivity index (χ1) is 9.81. The molecule has 0 aromatic rings. The van der Waals surface area contributed by atoms with Gasteiger partial charge in [-0.15, -0.1) is 9.60 Å². The van der Waals surface area contributed by atoms with Crippen LogP contribution in [-0.4, -0.2) is 43.0 Å². The van der Waals surface area contributed by atoms with Crippen molar-refractivity contribution in [1.29, 1.82) is 0 Å². The first kappa shape index (κ1) is 20.8. The Labute approximate surface area is 132 Å². The second kappa shape index (κ2) is 12.4. The molecule has 21 heavy (non-hydrogen) atoms. The van der Waals surface area contributed by atoms with Crippen molar-refractivity contribution in [1.82, 2.24) is 15.3 Å². The van der Waals surface area contributed by atoms with E-state index in [2.05, 4.69) is 51.8 Å². The highest BCUT2D eigenvalue weighted by Crippen LogP contribution is 2.06. The van der Waals surface area contributed by atoms with E-state index in [0.717, 1.165) is 37.7 Å². The van der Waals surface area contributed by atoms with Gasteiger partial charge in [0.1, 0.15) is 0 Å². The minimum atomic E-state index is 0.411. The molecule has 4 heteroatoms. The summed E-state index contributed by atoms with van der Waals surface area (Å²) in [5.41, 5.74) is 0. The van der Waals surface area contributed by atoms with Crippen LogP contribution in [0.5, 0.6) is 0 Å². The predicted molar refractivity (Wildman–Crippen MR) is 90.6 cm³/mol. The average molecular weight is 304 g/mol. The molecule has 0 aromatic heterocycles. The quantitative estimate of drug-likeness (QED) is 0.314. The molecule has 0 amide bonds. The molecule has 3 nitrogen and oxygen atoms in total. The molecular weight excluding hydrogens is 265 g/mol. The number of nitrogens with zero attached hydrogens (tertiary/aromatic N) is 2. The molecule has 0 saturated carbocycles. The third-order valence-corrected chi connectivity index (χ3v) is 3.56. The summed E-state index contributed by atoms with van der Waals surface area (Å²) in [4.78, 5) is 2.18. The zero-order chi connectivity index (χ0) is 16.3. The molecule has 0 aliphatic heterocycles. The van der Waals surface area contributed by atoms with E-state index in [1.165, 1.54) is 6.42 Å². The fourth-order valence-electron chi connectivity index (χ4n) is 1.95. The highest BCUT2D eigenvalue weighted by Gasteiger charge is 2.12. The first-order valence-corrected chi connectivity index (χ1v) is 8.65. The summed E-state index contributed by atoms with van der Waals surface area (Å²) in [6.45, 7) is 16.9. The van der Waals surface area contributed by atoms with E-state index in [1.807, 2.05) is 0 Å². The molecule has 0 aromatic carbocycles. The fraction of sp³-hybridized carbons (Fsp3) is 1.00. The number of halogens is 1. The minimum absolute atomic E-state index is 0.411. The van der Waals surface area contributed by atoms with Gasteiger partial charge in [0, 0.05) is 19.8 Å². The Morgan fingerprint density at radius 1 is 0.810 bits per heavy atom. The second-order valence-electron chi connectivity index (χ2n) is 7.43. The molecule has 0 fully saturated rings. The van der Waals surface area contributed by atoms with E-state index in [-0.39, 0.29) is 0 Å². The van der Waals surface area contributed by atoms with Crippen LogP contribution in [0.3, 0.4) is 0 Å². The van der Waals surface area contributed by atoms with Gasteiger partial charge in [0.25, 0.3) is 0 Å². The maximum absolute atomic E-state index is 13.9. The van der Waals surface area contributed by atoms with Gasteiger partial charge in [-0.05, 0) is 43.6 Å². The van der Waals surface area contributed by atoms with Gasteiger partial charge in [0.2, 0.25) is 0 Å². The Morgan fingerprint density at radius 2 is 1.33 bits per heavy atom. The Balaban J connectivity index is 4.05. The number of hydrogen-bond donors (Lipinski definition) is 1. The minimum Gasteiger partial charge on any atom is -0.304 e. The number of nitrogens with one attached hydrogen (secondary N) is 1. The molecule has 0 saturated heterocycles. The third kappa shape index (κ3) is 14.5. The van der Waals surface area contributed by atoms with Crippen molar-refractivity contribution in [2.24, 2.45) is 17.8 Å². The van der Waals surface area contributed by atoms with Gasteiger partial charge >= 0.3 is 0 Å². The maximum Gasteiger partial charge on any atom is 0.0817 e. The van der Waals surface area contributed by atoms with Crippen LogP contribution in [0.4, 0.5) is 4.48 Å². The van der Waals surface area contributed by atoms with E-state index < -0.39 is 0 Å². The van der Waals surface area contributed by atoms with Gasteiger partial charge < -0.3 is 5.32 Å². The summed E-state index contributed by atoms with van der Waals surface area (Å²) in [5.74, 6) is 1.92. The van der Waals surface area contributed by atoms with Gasteiger partial charge in [-0.3, -0.25) is 4.90 Å². The highest BCUT2D eigenvalue weighted by molar-refractivity contribution is 4.59. The second-order valence-corrected chi connectivity index (χ2v) is 7.43. The standard InChI is InChI=1S/C17H38FN3/c1-15(2)7-10-19-13-20(11-8-16(3)4)14-21(18)12-9-17(5)6/h15-17,19H,7-14H2,1-6H3. The summed E-state index contributed by atoms with van der Waals surface area (Å²) in [6.07, 6.45) is 3.20. The SMILES string of the molecule is CC(C)CCNCN(CCC(C)C)CN(F)CCC(C)C. The van der Waals surface area contributed by atoms with Crippen molar-refractivity contribution in [2.75, 3.05) is 33.0 Å². The van der Waals surface area contributed by atoms with Crippen LogP contribution in [0.1, 0.15) is 60.8 Å². The Kier molecular flexibility index (Phi) is 12.3. The van der Waals surface area contributed by atoms with Gasteiger partial charge in [-0.2, -0.15) is 0 Å². The smallest absolute Gasteiger partial charge is 0.0817 e. The average Bonchev–Trinajstić information content (AvgIpc) is 2.37. The Morgan fingerprint density at radius 3 is 1.86 bits per heavy atom. The lowest BCUT2D eigenvalue weighted by Gasteiger charge is -2.26. The molecular formula is C17H38FN3. The zero-order valence-corrected chi connectivity index (χ0v) is 15.2. The van der Waals surface area contributed by atoms with Crippen LogP contribution in [0.25, 0.3) is 0 Å². The van der Waals surface area contributed by atoms with Gasteiger partial charge in [-0.1, -0.05) is 41.5 Å². The van der Waals surface area contributed by atoms with Gasteiger partial charge in [0.05, 0.1) is 6.67 Å². The third-order valence-electron chi connectivity index (χ3n) is 3.56. The monoisotopic (exact) mass is 303 g/mol. The lowest BCUT2D eigenvalue weighted by atomic mass is 10.1. The van der Waals surface area contributed by atoms with Crippen LogP contribution in [0.2, 0.25) is 0 Å². The molecule has 0 spiro atoms. The van der Waals surface area contributed by atoms with E-state index in [0.29, 0.717) is 31.0 Å². The van der Waals surface area contributed by atoms with Gasteiger partial charge in [-0.25, -0.2) is 0 Å². The summed E-state index contributed by atoms with van der Waals surface area (Å²) in [6, 6.07) is 0. The summed E-state index contributed by atoms with van der Waals surface area (Å²) in [7, 11) is 0.